The van der Waals surface area contributed by atoms with E-state index >= 15 is 0 Å². The Balaban J connectivity index is 1.80. The number of fused-ring (bicyclic) bond motifs is 4. The van der Waals surface area contributed by atoms with Crippen molar-refractivity contribution in [3.05, 3.63) is 71.0 Å². The van der Waals surface area contributed by atoms with E-state index in [-0.39, 0.29) is 11.7 Å². The molecule has 0 bridgehead atoms. The summed E-state index contributed by atoms with van der Waals surface area (Å²) in [6, 6.07) is 15.8. The van der Waals surface area contributed by atoms with Gasteiger partial charge in [-0.15, -0.1) is 0 Å². The fourth-order valence-corrected chi connectivity index (χ4v) is 4.06. The monoisotopic (exact) mass is 331 g/mol. The Morgan fingerprint density at radius 2 is 1.64 bits per heavy atom. The van der Waals surface area contributed by atoms with E-state index in [0.717, 1.165) is 40.6 Å². The lowest BCUT2D eigenvalue weighted by Crippen LogP contribution is -2.31. The number of hydrogen-bond acceptors (Lipinski definition) is 2. The van der Waals surface area contributed by atoms with E-state index in [9.17, 15) is 9.90 Å². The zero-order valence-corrected chi connectivity index (χ0v) is 13.5. The van der Waals surface area contributed by atoms with Crippen LogP contribution in [0.15, 0.2) is 48.5 Å². The van der Waals surface area contributed by atoms with Crippen molar-refractivity contribution in [2.45, 2.75) is 12.5 Å². The molecule has 124 valence electrons. The first kappa shape index (κ1) is 14.3. The normalized spacial score (nSPS) is 17.0. The maximum atomic E-state index is 11.8. The molecule has 0 spiro atoms. The van der Waals surface area contributed by atoms with Crippen LogP contribution in [0.1, 0.15) is 33.4 Å². The van der Waals surface area contributed by atoms with Crippen LogP contribution >= 0.6 is 0 Å². The van der Waals surface area contributed by atoms with Crippen molar-refractivity contribution in [1.29, 1.82) is 0 Å². The number of para-hydroxylation sites is 2. The average molecular weight is 331 g/mol. The van der Waals surface area contributed by atoms with Gasteiger partial charge >= 0.3 is 5.97 Å². The van der Waals surface area contributed by atoms with Crippen LogP contribution in [0.5, 0.6) is 0 Å². The van der Waals surface area contributed by atoms with Gasteiger partial charge in [0.15, 0.2) is 0 Å². The van der Waals surface area contributed by atoms with Gasteiger partial charge < -0.3 is 20.4 Å². The molecule has 0 aliphatic carbocycles. The van der Waals surface area contributed by atoms with Crippen molar-refractivity contribution in [3.63, 3.8) is 0 Å². The first-order valence-corrected chi connectivity index (χ1v) is 8.41. The summed E-state index contributed by atoms with van der Waals surface area (Å²) < 4.78 is 0. The standard InChI is InChI=1S/C20H17N3O2/c24-20(25)19-16(13-6-2-4-8-15(13)23-19)18-17-12(9-10-21-18)11-5-1-3-7-14(11)22-17/h1-8,18,21-23H,9-10H2,(H,24,25). The number of H-pyrrole nitrogens is 2. The molecule has 0 amide bonds. The highest BCUT2D eigenvalue weighted by Crippen LogP contribution is 2.37. The zero-order valence-electron chi connectivity index (χ0n) is 13.5. The Morgan fingerprint density at radius 3 is 2.40 bits per heavy atom. The molecule has 1 unspecified atom stereocenters. The molecule has 5 nitrogen and oxygen atoms in total. The third-order valence-corrected chi connectivity index (χ3v) is 5.11. The van der Waals surface area contributed by atoms with Gasteiger partial charge in [0.05, 0.1) is 6.04 Å². The Labute approximate surface area is 143 Å². The molecule has 4 N–H and O–H groups in total. The van der Waals surface area contributed by atoms with Gasteiger partial charge in [-0.2, -0.15) is 0 Å². The molecule has 25 heavy (non-hydrogen) atoms. The molecule has 1 aliphatic rings. The lowest BCUT2D eigenvalue weighted by molar-refractivity contribution is 0.0689. The fourth-order valence-electron chi connectivity index (χ4n) is 4.06. The molecule has 5 rings (SSSR count). The number of benzene rings is 2. The minimum Gasteiger partial charge on any atom is -0.477 e. The SMILES string of the molecule is O=C(O)c1[nH]c2ccccc2c1C1NCCc2c1[nH]c1ccccc21. The Morgan fingerprint density at radius 1 is 0.960 bits per heavy atom. The third kappa shape index (κ3) is 2.03. The molecular weight excluding hydrogens is 314 g/mol. The highest BCUT2D eigenvalue weighted by atomic mass is 16.4. The number of carboxylic acids is 1. The molecule has 0 radical (unpaired) electrons. The van der Waals surface area contributed by atoms with Gasteiger partial charge in [0.25, 0.3) is 0 Å². The minimum absolute atomic E-state index is 0.168. The molecule has 0 saturated heterocycles. The van der Waals surface area contributed by atoms with E-state index in [1.54, 1.807) is 0 Å². The molecule has 0 saturated carbocycles. The summed E-state index contributed by atoms with van der Waals surface area (Å²) in [6.07, 6.45) is 0.931. The van der Waals surface area contributed by atoms with Crippen LogP contribution in [-0.4, -0.2) is 27.6 Å². The van der Waals surface area contributed by atoms with E-state index in [2.05, 4.69) is 27.4 Å². The number of aromatic carboxylic acids is 1. The molecule has 4 aromatic rings. The van der Waals surface area contributed by atoms with E-state index < -0.39 is 5.97 Å². The summed E-state index contributed by atoms with van der Waals surface area (Å²) in [6.45, 7) is 0.818. The lowest BCUT2D eigenvalue weighted by Gasteiger charge is -2.25. The van der Waals surface area contributed by atoms with Crippen molar-refractivity contribution >= 4 is 27.8 Å². The van der Waals surface area contributed by atoms with Crippen molar-refractivity contribution in [2.75, 3.05) is 6.54 Å². The number of nitrogens with one attached hydrogen (secondary N) is 3. The van der Waals surface area contributed by atoms with Crippen molar-refractivity contribution in [1.82, 2.24) is 15.3 Å². The third-order valence-electron chi connectivity index (χ3n) is 5.11. The molecule has 1 atom stereocenters. The number of hydrogen-bond donors (Lipinski definition) is 4. The van der Waals surface area contributed by atoms with Crippen molar-refractivity contribution < 1.29 is 9.90 Å². The van der Waals surface area contributed by atoms with E-state index in [1.165, 1.54) is 10.9 Å². The minimum atomic E-state index is -0.934. The van der Waals surface area contributed by atoms with Gasteiger partial charge in [0.1, 0.15) is 5.69 Å². The van der Waals surface area contributed by atoms with Crippen LogP contribution in [0.4, 0.5) is 0 Å². The number of aromatic nitrogens is 2. The topological polar surface area (TPSA) is 80.9 Å². The van der Waals surface area contributed by atoms with Crippen LogP contribution in [0, 0.1) is 0 Å². The summed E-state index contributed by atoms with van der Waals surface area (Å²) in [5.74, 6) is -0.934. The zero-order chi connectivity index (χ0) is 17.0. The second kappa shape index (κ2) is 5.22. The molecule has 2 aromatic heterocycles. The number of aromatic amines is 2. The Kier molecular flexibility index (Phi) is 2.99. The number of carboxylic acid groups (broad SMARTS) is 1. The van der Waals surface area contributed by atoms with Crippen LogP contribution in [0.25, 0.3) is 21.8 Å². The van der Waals surface area contributed by atoms with Crippen LogP contribution < -0.4 is 5.32 Å². The lowest BCUT2D eigenvalue weighted by atomic mass is 9.92. The largest absolute Gasteiger partial charge is 0.477 e. The first-order chi connectivity index (χ1) is 12.2. The van der Waals surface area contributed by atoms with E-state index in [4.69, 9.17) is 0 Å². The van der Waals surface area contributed by atoms with Crippen LogP contribution in [-0.2, 0) is 6.42 Å². The molecule has 1 aliphatic heterocycles. The highest BCUT2D eigenvalue weighted by molar-refractivity contribution is 5.98. The number of carbonyl (C=O) groups is 1. The summed E-state index contributed by atoms with van der Waals surface area (Å²) in [4.78, 5) is 18.4. The molecule has 2 aromatic carbocycles. The van der Waals surface area contributed by atoms with Crippen molar-refractivity contribution in [3.8, 4) is 0 Å². The average Bonchev–Trinajstić information content (AvgIpc) is 3.20. The second-order valence-electron chi connectivity index (χ2n) is 6.46. The van der Waals surface area contributed by atoms with Gasteiger partial charge in [0.2, 0.25) is 0 Å². The summed E-state index contributed by atoms with van der Waals surface area (Å²) in [7, 11) is 0. The van der Waals surface area contributed by atoms with Gasteiger partial charge in [-0.25, -0.2) is 4.79 Å². The quantitative estimate of drug-likeness (QED) is 0.453. The highest BCUT2D eigenvalue weighted by Gasteiger charge is 2.31. The molecule has 5 heteroatoms. The summed E-state index contributed by atoms with van der Waals surface area (Å²) in [5.41, 5.74) is 5.35. The van der Waals surface area contributed by atoms with E-state index in [0.29, 0.717) is 0 Å². The first-order valence-electron chi connectivity index (χ1n) is 8.41. The van der Waals surface area contributed by atoms with Crippen molar-refractivity contribution in [2.24, 2.45) is 0 Å². The predicted octanol–water partition coefficient (Wildman–Crippen LogP) is 3.58. The maximum Gasteiger partial charge on any atom is 0.352 e. The Bertz CT molecular complexity index is 1120. The fraction of sp³-hybridized carbons (Fsp3) is 0.150. The van der Waals surface area contributed by atoms with Gasteiger partial charge in [0, 0.05) is 39.6 Å². The van der Waals surface area contributed by atoms with Crippen LogP contribution in [0.2, 0.25) is 0 Å². The van der Waals surface area contributed by atoms with E-state index in [1.807, 2.05) is 36.4 Å². The number of rotatable bonds is 2. The van der Waals surface area contributed by atoms with Gasteiger partial charge in [-0.3, -0.25) is 0 Å². The predicted molar refractivity (Wildman–Crippen MR) is 97.1 cm³/mol. The summed E-state index contributed by atoms with van der Waals surface area (Å²) >= 11 is 0. The molecule has 3 heterocycles. The smallest absolute Gasteiger partial charge is 0.352 e. The molecular formula is C20H17N3O2. The second-order valence-corrected chi connectivity index (χ2v) is 6.46. The maximum absolute atomic E-state index is 11.8. The molecule has 0 fully saturated rings. The van der Waals surface area contributed by atoms with Gasteiger partial charge in [-0.1, -0.05) is 36.4 Å². The van der Waals surface area contributed by atoms with Crippen LogP contribution in [0.3, 0.4) is 0 Å². The Hall–Kier alpha value is -3.05. The summed E-state index contributed by atoms with van der Waals surface area (Å²) in [5, 5.41) is 15.4. The van der Waals surface area contributed by atoms with Gasteiger partial charge in [-0.05, 0) is 24.1 Å².